The first-order valence-electron chi connectivity index (χ1n) is 9.86. The summed E-state index contributed by atoms with van der Waals surface area (Å²) in [7, 11) is 0. The Kier molecular flexibility index (Phi) is 6.99. The lowest BCUT2D eigenvalue weighted by molar-refractivity contribution is -0.155. The maximum Gasteiger partial charge on any atom is 0.437 e. The van der Waals surface area contributed by atoms with Crippen molar-refractivity contribution >= 4 is 17.9 Å². The monoisotopic (exact) mass is 416 g/mol. The van der Waals surface area contributed by atoms with Gasteiger partial charge in [-0.25, -0.2) is 9.59 Å². The number of carbonyl (C=O) groups excluding carboxylic acids is 3. The van der Waals surface area contributed by atoms with Gasteiger partial charge in [-0.3, -0.25) is 14.9 Å². The fraction of sp³-hybridized carbons (Fsp3) is 0.450. The van der Waals surface area contributed by atoms with Gasteiger partial charge in [0.15, 0.2) is 6.10 Å². The standard InChI is InChI=1S/C20H24N4O6/c1-13(17(26)22-19(27)21-15-10-6-3-7-11-15)29-16(25)12-24-20(28)30-18(23-24)14-8-4-2-5-9-14/h2,4-5,8-9,13,15H,3,6-7,10-12H2,1H3,(H2,21,22,26,27)/t13-/m1/s1. The molecule has 1 aliphatic carbocycles. The molecule has 0 radical (unpaired) electrons. The minimum Gasteiger partial charge on any atom is -0.451 e. The molecular weight excluding hydrogens is 392 g/mol. The zero-order valence-corrected chi connectivity index (χ0v) is 16.6. The molecule has 2 N–H and O–H groups in total. The van der Waals surface area contributed by atoms with E-state index in [0.717, 1.165) is 36.8 Å². The molecule has 30 heavy (non-hydrogen) atoms. The van der Waals surface area contributed by atoms with Crippen LogP contribution >= 0.6 is 0 Å². The van der Waals surface area contributed by atoms with E-state index < -0.39 is 36.3 Å². The van der Waals surface area contributed by atoms with E-state index in [9.17, 15) is 19.2 Å². The summed E-state index contributed by atoms with van der Waals surface area (Å²) in [5, 5.41) is 8.87. The normalized spacial score (nSPS) is 15.2. The highest BCUT2D eigenvalue weighted by atomic mass is 16.5. The van der Waals surface area contributed by atoms with Crippen molar-refractivity contribution in [3.8, 4) is 11.5 Å². The summed E-state index contributed by atoms with van der Waals surface area (Å²) in [5.41, 5.74) is 0.582. The molecule has 1 aromatic heterocycles. The summed E-state index contributed by atoms with van der Waals surface area (Å²) >= 11 is 0. The number of benzene rings is 1. The molecule has 10 nitrogen and oxygen atoms in total. The molecule has 1 fully saturated rings. The number of carbonyl (C=O) groups is 3. The van der Waals surface area contributed by atoms with Crippen LogP contribution in [0.3, 0.4) is 0 Å². The van der Waals surface area contributed by atoms with Crippen LogP contribution in [0.2, 0.25) is 0 Å². The lowest BCUT2D eigenvalue weighted by atomic mass is 9.96. The molecule has 3 rings (SSSR count). The van der Waals surface area contributed by atoms with Crippen LogP contribution in [0.1, 0.15) is 39.0 Å². The Labute approximate surface area is 172 Å². The molecule has 3 amide bonds. The number of imide groups is 1. The van der Waals surface area contributed by atoms with Crippen molar-refractivity contribution in [2.24, 2.45) is 0 Å². The first kappa shape index (κ1) is 21.3. The van der Waals surface area contributed by atoms with Crippen molar-refractivity contribution in [3.63, 3.8) is 0 Å². The molecule has 0 unspecified atom stereocenters. The Morgan fingerprint density at radius 1 is 1.20 bits per heavy atom. The molecule has 0 aliphatic heterocycles. The van der Waals surface area contributed by atoms with Crippen molar-refractivity contribution in [2.75, 3.05) is 0 Å². The molecule has 0 saturated heterocycles. The number of rotatable bonds is 6. The van der Waals surface area contributed by atoms with Crippen LogP contribution in [0.5, 0.6) is 0 Å². The Bertz CT molecular complexity index is 946. The number of amides is 3. The van der Waals surface area contributed by atoms with Gasteiger partial charge in [0.1, 0.15) is 6.54 Å². The van der Waals surface area contributed by atoms with Crippen LogP contribution < -0.4 is 16.4 Å². The first-order valence-corrected chi connectivity index (χ1v) is 9.86. The number of nitrogens with one attached hydrogen (secondary N) is 2. The Morgan fingerprint density at radius 3 is 2.60 bits per heavy atom. The molecule has 0 bridgehead atoms. The zero-order valence-electron chi connectivity index (χ0n) is 16.6. The average molecular weight is 416 g/mol. The van der Waals surface area contributed by atoms with E-state index in [1.807, 2.05) is 0 Å². The quantitative estimate of drug-likeness (QED) is 0.683. The number of esters is 1. The van der Waals surface area contributed by atoms with Crippen LogP contribution in [0.25, 0.3) is 11.5 Å². The Balaban J connectivity index is 1.49. The average Bonchev–Trinajstić information content (AvgIpc) is 3.09. The minimum absolute atomic E-state index is 0.0438. The summed E-state index contributed by atoms with van der Waals surface area (Å²) in [6.07, 6.45) is 3.77. The van der Waals surface area contributed by atoms with Gasteiger partial charge in [-0.2, -0.15) is 4.68 Å². The Morgan fingerprint density at radius 2 is 1.90 bits per heavy atom. The van der Waals surface area contributed by atoms with E-state index in [0.29, 0.717) is 5.56 Å². The fourth-order valence-corrected chi connectivity index (χ4v) is 3.20. The maximum absolute atomic E-state index is 12.1. The number of nitrogens with zero attached hydrogens (tertiary/aromatic N) is 2. The SMILES string of the molecule is C[C@@H](OC(=O)Cn1nc(-c2ccccc2)oc1=O)C(=O)NC(=O)NC1CCCCC1. The van der Waals surface area contributed by atoms with Gasteiger partial charge in [0.2, 0.25) is 5.89 Å². The molecule has 1 aromatic carbocycles. The third-order valence-corrected chi connectivity index (χ3v) is 4.76. The van der Waals surface area contributed by atoms with E-state index in [1.54, 1.807) is 30.3 Å². The van der Waals surface area contributed by atoms with Crippen molar-refractivity contribution in [2.45, 2.75) is 57.7 Å². The van der Waals surface area contributed by atoms with E-state index >= 15 is 0 Å². The second kappa shape index (κ2) is 9.86. The van der Waals surface area contributed by atoms with Gasteiger partial charge in [-0.05, 0) is 31.9 Å². The van der Waals surface area contributed by atoms with Crippen molar-refractivity contribution in [3.05, 3.63) is 40.9 Å². The smallest absolute Gasteiger partial charge is 0.437 e. The van der Waals surface area contributed by atoms with E-state index in [4.69, 9.17) is 9.15 Å². The summed E-state index contributed by atoms with van der Waals surface area (Å²) in [6, 6.07) is 8.16. The van der Waals surface area contributed by atoms with Gasteiger partial charge < -0.3 is 14.5 Å². The third kappa shape index (κ3) is 5.79. The molecule has 10 heteroatoms. The first-order chi connectivity index (χ1) is 14.4. The number of urea groups is 1. The van der Waals surface area contributed by atoms with Crippen LogP contribution in [-0.4, -0.2) is 39.8 Å². The maximum atomic E-state index is 12.1. The van der Waals surface area contributed by atoms with Gasteiger partial charge in [0.25, 0.3) is 5.91 Å². The van der Waals surface area contributed by atoms with Crippen molar-refractivity contribution < 1.29 is 23.5 Å². The number of ether oxygens (including phenoxy) is 1. The third-order valence-electron chi connectivity index (χ3n) is 4.76. The fourth-order valence-electron chi connectivity index (χ4n) is 3.20. The second-order valence-electron chi connectivity index (χ2n) is 7.13. The number of hydrogen-bond donors (Lipinski definition) is 2. The number of aromatic nitrogens is 2. The minimum atomic E-state index is -1.22. The van der Waals surface area contributed by atoms with Gasteiger partial charge in [-0.1, -0.05) is 37.5 Å². The predicted molar refractivity (Wildman–Crippen MR) is 105 cm³/mol. The number of hydrogen-bond acceptors (Lipinski definition) is 7. The molecule has 2 aromatic rings. The molecule has 1 atom stereocenters. The Hall–Kier alpha value is -3.43. The highest BCUT2D eigenvalue weighted by Crippen LogP contribution is 2.17. The molecule has 1 heterocycles. The summed E-state index contributed by atoms with van der Waals surface area (Å²) in [5.74, 6) is -2.37. The molecular formula is C20H24N4O6. The van der Waals surface area contributed by atoms with E-state index in [2.05, 4.69) is 15.7 Å². The summed E-state index contributed by atoms with van der Waals surface area (Å²) in [6.45, 7) is 0.809. The van der Waals surface area contributed by atoms with Crippen molar-refractivity contribution in [1.82, 2.24) is 20.4 Å². The van der Waals surface area contributed by atoms with Crippen LogP contribution in [-0.2, 0) is 20.9 Å². The van der Waals surface area contributed by atoms with Gasteiger partial charge in [0, 0.05) is 11.6 Å². The molecule has 160 valence electrons. The molecule has 1 aliphatic rings. The highest BCUT2D eigenvalue weighted by molar-refractivity contribution is 5.97. The molecule has 1 saturated carbocycles. The van der Waals surface area contributed by atoms with Crippen LogP contribution in [0, 0.1) is 0 Å². The lowest BCUT2D eigenvalue weighted by Crippen LogP contribution is -2.48. The van der Waals surface area contributed by atoms with Crippen molar-refractivity contribution in [1.29, 1.82) is 0 Å². The largest absolute Gasteiger partial charge is 0.451 e. The second-order valence-corrected chi connectivity index (χ2v) is 7.13. The highest BCUT2D eigenvalue weighted by Gasteiger charge is 2.23. The van der Waals surface area contributed by atoms with E-state index in [-0.39, 0.29) is 11.9 Å². The lowest BCUT2D eigenvalue weighted by Gasteiger charge is -2.23. The van der Waals surface area contributed by atoms with E-state index in [1.165, 1.54) is 6.92 Å². The zero-order chi connectivity index (χ0) is 21.5. The van der Waals surface area contributed by atoms with Crippen LogP contribution in [0.15, 0.2) is 39.5 Å². The van der Waals surface area contributed by atoms with Gasteiger partial charge >= 0.3 is 17.8 Å². The summed E-state index contributed by atoms with van der Waals surface area (Å²) in [4.78, 5) is 48.0. The van der Waals surface area contributed by atoms with Gasteiger partial charge in [0.05, 0.1) is 0 Å². The predicted octanol–water partition coefficient (Wildman–Crippen LogP) is 1.59. The van der Waals surface area contributed by atoms with Gasteiger partial charge in [-0.15, -0.1) is 5.10 Å². The summed E-state index contributed by atoms with van der Waals surface area (Å²) < 4.78 is 10.9. The topological polar surface area (TPSA) is 133 Å². The van der Waals surface area contributed by atoms with Crippen LogP contribution in [0.4, 0.5) is 4.79 Å². The molecule has 0 spiro atoms.